The third-order valence-electron chi connectivity index (χ3n) is 2.63. The highest BCUT2D eigenvalue weighted by molar-refractivity contribution is 5.83. The van der Waals surface area contributed by atoms with Crippen molar-refractivity contribution in [3.8, 4) is 0 Å². The van der Waals surface area contributed by atoms with Gasteiger partial charge in [0.05, 0.1) is 0 Å². The van der Waals surface area contributed by atoms with E-state index in [-0.39, 0.29) is 6.03 Å². The van der Waals surface area contributed by atoms with Gasteiger partial charge in [-0.15, -0.1) is 0 Å². The van der Waals surface area contributed by atoms with Crippen LogP contribution in [0.1, 0.15) is 25.5 Å². The molecule has 5 nitrogen and oxygen atoms in total. The summed E-state index contributed by atoms with van der Waals surface area (Å²) < 4.78 is 0. The van der Waals surface area contributed by atoms with Gasteiger partial charge < -0.3 is 15.3 Å². The predicted molar refractivity (Wildman–Crippen MR) is 72.8 cm³/mol. The molecule has 2 amide bonds. The van der Waals surface area contributed by atoms with Crippen LogP contribution in [0.5, 0.6) is 0 Å². The van der Waals surface area contributed by atoms with Crippen molar-refractivity contribution in [2.75, 3.05) is 13.6 Å². The summed E-state index contributed by atoms with van der Waals surface area (Å²) in [7, 11) is 1.65. The van der Waals surface area contributed by atoms with Crippen LogP contribution in [0.3, 0.4) is 0 Å². The summed E-state index contributed by atoms with van der Waals surface area (Å²) in [5.74, 6) is -0.742. The fraction of sp³-hybridized carbons (Fsp3) is 0.429. The summed E-state index contributed by atoms with van der Waals surface area (Å²) in [5.41, 5.74) is 0.557. The average Bonchev–Trinajstić information content (AvgIpc) is 2.35. The van der Waals surface area contributed by atoms with Crippen molar-refractivity contribution in [3.05, 3.63) is 35.9 Å². The van der Waals surface area contributed by atoms with E-state index in [0.29, 0.717) is 18.0 Å². The molecule has 2 N–H and O–H groups in total. The van der Waals surface area contributed by atoms with Gasteiger partial charge in [0, 0.05) is 13.6 Å². The first-order valence-corrected chi connectivity index (χ1v) is 6.21. The predicted octanol–water partition coefficient (Wildman–Crippen LogP) is 2.11. The van der Waals surface area contributed by atoms with Crippen LogP contribution in [-0.4, -0.2) is 35.6 Å². The van der Waals surface area contributed by atoms with Gasteiger partial charge in [0.1, 0.15) is 0 Å². The summed E-state index contributed by atoms with van der Waals surface area (Å²) in [6.07, 6.45) is 0. The van der Waals surface area contributed by atoms with Crippen LogP contribution in [0.25, 0.3) is 0 Å². The average molecular weight is 264 g/mol. The van der Waals surface area contributed by atoms with Crippen LogP contribution in [0.4, 0.5) is 4.79 Å². The molecule has 104 valence electrons. The number of carboxylic acid groups (broad SMARTS) is 1. The molecule has 1 atom stereocenters. The SMILES string of the molecule is CC(C)CN(C)C(=O)N[C@H](C(=O)O)c1ccccc1. The van der Waals surface area contributed by atoms with Crippen molar-refractivity contribution in [1.29, 1.82) is 0 Å². The van der Waals surface area contributed by atoms with Crippen molar-refractivity contribution in [1.82, 2.24) is 10.2 Å². The maximum Gasteiger partial charge on any atom is 0.330 e. The van der Waals surface area contributed by atoms with Crippen LogP contribution in [0, 0.1) is 5.92 Å². The zero-order valence-electron chi connectivity index (χ0n) is 11.5. The molecule has 0 heterocycles. The molecule has 0 bridgehead atoms. The molecule has 0 saturated heterocycles. The Labute approximate surface area is 113 Å². The molecule has 0 radical (unpaired) electrons. The summed E-state index contributed by atoms with van der Waals surface area (Å²) in [4.78, 5) is 24.7. The van der Waals surface area contributed by atoms with Gasteiger partial charge in [-0.25, -0.2) is 9.59 Å². The number of nitrogens with one attached hydrogen (secondary N) is 1. The van der Waals surface area contributed by atoms with Gasteiger partial charge in [-0.3, -0.25) is 0 Å². The molecule has 0 aliphatic rings. The normalized spacial score (nSPS) is 12.0. The minimum Gasteiger partial charge on any atom is -0.479 e. The van der Waals surface area contributed by atoms with Crippen molar-refractivity contribution in [2.45, 2.75) is 19.9 Å². The number of benzene rings is 1. The third kappa shape index (κ3) is 4.62. The van der Waals surface area contributed by atoms with Crippen molar-refractivity contribution < 1.29 is 14.7 Å². The van der Waals surface area contributed by atoms with E-state index in [0.717, 1.165) is 0 Å². The van der Waals surface area contributed by atoms with Crippen molar-refractivity contribution in [3.63, 3.8) is 0 Å². The largest absolute Gasteiger partial charge is 0.479 e. The molecule has 0 aliphatic carbocycles. The molecular weight excluding hydrogens is 244 g/mol. The molecule has 0 aliphatic heterocycles. The van der Waals surface area contributed by atoms with E-state index in [2.05, 4.69) is 5.32 Å². The van der Waals surface area contributed by atoms with Crippen molar-refractivity contribution >= 4 is 12.0 Å². The lowest BCUT2D eigenvalue weighted by molar-refractivity contribution is -0.139. The van der Waals surface area contributed by atoms with Crippen LogP contribution >= 0.6 is 0 Å². The molecule has 19 heavy (non-hydrogen) atoms. The highest BCUT2D eigenvalue weighted by Gasteiger charge is 2.23. The third-order valence-corrected chi connectivity index (χ3v) is 2.63. The molecule has 1 aromatic rings. The first-order valence-electron chi connectivity index (χ1n) is 6.21. The van der Waals surface area contributed by atoms with Gasteiger partial charge in [0.25, 0.3) is 0 Å². The Kier molecular flexibility index (Phi) is 5.36. The molecule has 0 saturated carbocycles. The monoisotopic (exact) mass is 264 g/mol. The minimum absolute atomic E-state index is 0.329. The first-order chi connectivity index (χ1) is 8.91. The molecule has 0 fully saturated rings. The van der Waals surface area contributed by atoms with Crippen LogP contribution in [-0.2, 0) is 4.79 Å². The highest BCUT2D eigenvalue weighted by Crippen LogP contribution is 2.13. The van der Waals surface area contributed by atoms with Gasteiger partial charge in [-0.05, 0) is 11.5 Å². The van der Waals surface area contributed by atoms with Crippen molar-refractivity contribution in [2.24, 2.45) is 5.92 Å². The van der Waals surface area contributed by atoms with E-state index in [1.165, 1.54) is 4.90 Å². The Bertz CT molecular complexity index is 432. The quantitative estimate of drug-likeness (QED) is 0.855. The first kappa shape index (κ1) is 15.0. The molecule has 5 heteroatoms. The van der Waals surface area contributed by atoms with E-state index in [1.807, 2.05) is 13.8 Å². The molecule has 1 rings (SSSR count). The van der Waals surface area contributed by atoms with Gasteiger partial charge in [-0.1, -0.05) is 44.2 Å². The smallest absolute Gasteiger partial charge is 0.330 e. The summed E-state index contributed by atoms with van der Waals surface area (Å²) in [6, 6.07) is 7.25. The number of rotatable bonds is 5. The summed E-state index contributed by atoms with van der Waals surface area (Å²) >= 11 is 0. The molecule has 1 aromatic carbocycles. The maximum absolute atomic E-state index is 11.9. The summed E-state index contributed by atoms with van der Waals surface area (Å²) in [5, 5.41) is 11.7. The number of aliphatic carboxylic acids is 1. The number of carbonyl (C=O) groups excluding carboxylic acids is 1. The molecule has 0 unspecified atom stereocenters. The lowest BCUT2D eigenvalue weighted by atomic mass is 10.1. The fourth-order valence-corrected chi connectivity index (χ4v) is 1.80. The van der Waals surface area contributed by atoms with Gasteiger partial charge in [-0.2, -0.15) is 0 Å². The van der Waals surface area contributed by atoms with E-state index >= 15 is 0 Å². The maximum atomic E-state index is 11.9. The zero-order valence-corrected chi connectivity index (χ0v) is 11.5. The van der Waals surface area contributed by atoms with Gasteiger partial charge >= 0.3 is 12.0 Å². The van der Waals surface area contributed by atoms with E-state index in [9.17, 15) is 14.7 Å². The van der Waals surface area contributed by atoms with Crippen LogP contribution < -0.4 is 5.32 Å². The Morgan fingerprint density at radius 1 is 1.26 bits per heavy atom. The van der Waals surface area contributed by atoms with E-state index < -0.39 is 12.0 Å². The number of hydrogen-bond donors (Lipinski definition) is 2. The zero-order chi connectivity index (χ0) is 14.4. The van der Waals surface area contributed by atoms with E-state index in [4.69, 9.17) is 0 Å². The number of nitrogens with zero attached hydrogens (tertiary/aromatic N) is 1. The minimum atomic E-state index is -1.07. The summed E-state index contributed by atoms with van der Waals surface area (Å²) in [6.45, 7) is 4.57. The second-order valence-corrected chi connectivity index (χ2v) is 4.91. The number of amides is 2. The number of carboxylic acids is 1. The molecule has 0 aromatic heterocycles. The molecule has 0 spiro atoms. The lowest BCUT2D eigenvalue weighted by Gasteiger charge is -2.23. The van der Waals surface area contributed by atoms with Gasteiger partial charge in [0.2, 0.25) is 0 Å². The van der Waals surface area contributed by atoms with Crippen LogP contribution in [0.2, 0.25) is 0 Å². The highest BCUT2D eigenvalue weighted by atomic mass is 16.4. The Morgan fingerprint density at radius 3 is 2.32 bits per heavy atom. The Morgan fingerprint density at radius 2 is 1.84 bits per heavy atom. The standard InChI is InChI=1S/C14H20N2O3/c1-10(2)9-16(3)14(19)15-12(13(17)18)11-7-5-4-6-8-11/h4-8,10,12H,9H2,1-3H3,(H,15,19)(H,17,18)/t12-/m0/s1. The van der Waals surface area contributed by atoms with E-state index in [1.54, 1.807) is 37.4 Å². The number of carbonyl (C=O) groups is 2. The molecular formula is C14H20N2O3. The van der Waals surface area contributed by atoms with Crippen LogP contribution in [0.15, 0.2) is 30.3 Å². The topological polar surface area (TPSA) is 69.6 Å². The Balaban J connectivity index is 2.75. The second-order valence-electron chi connectivity index (χ2n) is 4.91. The Hall–Kier alpha value is -2.04. The second kappa shape index (κ2) is 6.78. The number of urea groups is 1. The lowest BCUT2D eigenvalue weighted by Crippen LogP contribution is -2.43. The fourth-order valence-electron chi connectivity index (χ4n) is 1.80. The number of hydrogen-bond acceptors (Lipinski definition) is 2. The van der Waals surface area contributed by atoms with Gasteiger partial charge in [0.15, 0.2) is 6.04 Å².